The van der Waals surface area contributed by atoms with Crippen molar-refractivity contribution in [2.45, 2.75) is 19.5 Å². The fourth-order valence-corrected chi connectivity index (χ4v) is 0.923. The SMILES string of the molecule is CC(CO)Nc1nnccc1CN. The van der Waals surface area contributed by atoms with E-state index in [1.165, 1.54) is 0 Å². The van der Waals surface area contributed by atoms with E-state index in [1.54, 1.807) is 12.3 Å². The Bertz CT molecular complexity index is 266. The predicted molar refractivity (Wildman–Crippen MR) is 50.1 cm³/mol. The second-order valence-corrected chi connectivity index (χ2v) is 2.84. The first kappa shape index (κ1) is 9.88. The molecule has 0 amide bonds. The van der Waals surface area contributed by atoms with E-state index in [9.17, 15) is 0 Å². The van der Waals surface area contributed by atoms with Crippen molar-refractivity contribution in [1.29, 1.82) is 0 Å². The lowest BCUT2D eigenvalue weighted by molar-refractivity contribution is 0.281. The molecule has 0 fully saturated rings. The maximum Gasteiger partial charge on any atom is 0.153 e. The van der Waals surface area contributed by atoms with Crippen molar-refractivity contribution in [3.63, 3.8) is 0 Å². The summed E-state index contributed by atoms with van der Waals surface area (Å²) in [5.74, 6) is 0.645. The number of aliphatic hydroxyl groups is 1. The highest BCUT2D eigenvalue weighted by Crippen LogP contribution is 2.09. The topological polar surface area (TPSA) is 84.1 Å². The normalized spacial score (nSPS) is 12.5. The van der Waals surface area contributed by atoms with Gasteiger partial charge in [-0.1, -0.05) is 0 Å². The van der Waals surface area contributed by atoms with Crippen molar-refractivity contribution in [2.24, 2.45) is 5.73 Å². The molecule has 13 heavy (non-hydrogen) atoms. The molecule has 0 aliphatic heterocycles. The Morgan fingerprint density at radius 2 is 2.46 bits per heavy atom. The molecule has 5 heteroatoms. The Labute approximate surface area is 77.0 Å². The summed E-state index contributed by atoms with van der Waals surface area (Å²) in [7, 11) is 0. The molecule has 0 radical (unpaired) electrons. The number of nitrogens with one attached hydrogen (secondary N) is 1. The summed E-state index contributed by atoms with van der Waals surface area (Å²) in [6.45, 7) is 2.32. The predicted octanol–water partition coefficient (Wildman–Crippen LogP) is -0.272. The Morgan fingerprint density at radius 1 is 1.69 bits per heavy atom. The largest absolute Gasteiger partial charge is 0.394 e. The van der Waals surface area contributed by atoms with Crippen LogP contribution in [0.5, 0.6) is 0 Å². The molecule has 1 heterocycles. The maximum absolute atomic E-state index is 8.82. The summed E-state index contributed by atoms with van der Waals surface area (Å²) < 4.78 is 0. The molecule has 0 saturated heterocycles. The Kier molecular flexibility index (Phi) is 3.60. The molecule has 0 aromatic carbocycles. The molecule has 0 bridgehead atoms. The zero-order valence-corrected chi connectivity index (χ0v) is 7.57. The fourth-order valence-electron chi connectivity index (χ4n) is 0.923. The van der Waals surface area contributed by atoms with Gasteiger partial charge in [-0.25, -0.2) is 0 Å². The van der Waals surface area contributed by atoms with Gasteiger partial charge in [0.25, 0.3) is 0 Å². The highest BCUT2D eigenvalue weighted by Gasteiger charge is 2.05. The lowest BCUT2D eigenvalue weighted by Crippen LogP contribution is -2.21. The molecule has 1 rings (SSSR count). The van der Waals surface area contributed by atoms with Crippen LogP contribution in [0.25, 0.3) is 0 Å². The molecule has 0 aliphatic carbocycles. The molecule has 72 valence electrons. The third-order valence-corrected chi connectivity index (χ3v) is 1.68. The van der Waals surface area contributed by atoms with Crippen LogP contribution >= 0.6 is 0 Å². The first-order valence-electron chi connectivity index (χ1n) is 4.16. The van der Waals surface area contributed by atoms with Gasteiger partial charge in [0, 0.05) is 18.2 Å². The number of anilines is 1. The zero-order chi connectivity index (χ0) is 9.68. The quantitative estimate of drug-likeness (QED) is 0.597. The second-order valence-electron chi connectivity index (χ2n) is 2.84. The second kappa shape index (κ2) is 4.74. The zero-order valence-electron chi connectivity index (χ0n) is 7.57. The summed E-state index contributed by atoms with van der Waals surface area (Å²) in [6, 6.07) is 1.77. The minimum absolute atomic E-state index is 0.0398. The first-order valence-corrected chi connectivity index (χ1v) is 4.16. The highest BCUT2D eigenvalue weighted by molar-refractivity contribution is 5.42. The molecular formula is C8H14N4O. The third-order valence-electron chi connectivity index (χ3n) is 1.68. The van der Waals surface area contributed by atoms with E-state index in [1.807, 2.05) is 6.92 Å². The number of rotatable bonds is 4. The van der Waals surface area contributed by atoms with Gasteiger partial charge in [0.2, 0.25) is 0 Å². The summed E-state index contributed by atoms with van der Waals surface area (Å²) in [5, 5.41) is 19.4. The minimum Gasteiger partial charge on any atom is -0.394 e. The number of nitrogens with zero attached hydrogens (tertiary/aromatic N) is 2. The summed E-state index contributed by atoms with van der Waals surface area (Å²) in [5.41, 5.74) is 6.40. The van der Waals surface area contributed by atoms with Crippen LogP contribution in [0.15, 0.2) is 12.3 Å². The summed E-state index contributed by atoms with van der Waals surface area (Å²) in [6.07, 6.45) is 1.59. The molecule has 0 spiro atoms. The lowest BCUT2D eigenvalue weighted by Gasteiger charge is -2.12. The third kappa shape index (κ3) is 2.64. The fraction of sp³-hybridized carbons (Fsp3) is 0.500. The highest BCUT2D eigenvalue weighted by atomic mass is 16.3. The van der Waals surface area contributed by atoms with Crippen molar-refractivity contribution >= 4 is 5.82 Å². The Balaban J connectivity index is 2.74. The van der Waals surface area contributed by atoms with Crippen LogP contribution in [0.4, 0.5) is 5.82 Å². The van der Waals surface area contributed by atoms with Gasteiger partial charge in [0.05, 0.1) is 12.8 Å². The van der Waals surface area contributed by atoms with Crippen molar-refractivity contribution < 1.29 is 5.11 Å². The molecular weight excluding hydrogens is 168 g/mol. The number of hydrogen-bond donors (Lipinski definition) is 3. The number of nitrogens with two attached hydrogens (primary N) is 1. The lowest BCUT2D eigenvalue weighted by atomic mass is 10.2. The monoisotopic (exact) mass is 182 g/mol. The van der Waals surface area contributed by atoms with Crippen LogP contribution in [0, 0.1) is 0 Å². The number of aliphatic hydroxyl groups excluding tert-OH is 1. The van der Waals surface area contributed by atoms with Crippen molar-refractivity contribution in [3.05, 3.63) is 17.8 Å². The van der Waals surface area contributed by atoms with Gasteiger partial charge in [-0.3, -0.25) is 0 Å². The van der Waals surface area contributed by atoms with Crippen LogP contribution in [0.2, 0.25) is 0 Å². The number of hydrogen-bond acceptors (Lipinski definition) is 5. The molecule has 1 aromatic heterocycles. The molecule has 4 N–H and O–H groups in total. The van der Waals surface area contributed by atoms with Crippen LogP contribution in [-0.4, -0.2) is 28.0 Å². The van der Waals surface area contributed by atoms with Gasteiger partial charge >= 0.3 is 0 Å². The van der Waals surface area contributed by atoms with E-state index in [0.29, 0.717) is 12.4 Å². The van der Waals surface area contributed by atoms with Crippen molar-refractivity contribution in [2.75, 3.05) is 11.9 Å². The van der Waals surface area contributed by atoms with E-state index < -0.39 is 0 Å². The van der Waals surface area contributed by atoms with Gasteiger partial charge in [-0.05, 0) is 13.0 Å². The van der Waals surface area contributed by atoms with Gasteiger partial charge in [0.1, 0.15) is 0 Å². The van der Waals surface area contributed by atoms with E-state index in [0.717, 1.165) is 5.56 Å². The van der Waals surface area contributed by atoms with E-state index >= 15 is 0 Å². The minimum atomic E-state index is -0.0398. The van der Waals surface area contributed by atoms with Gasteiger partial charge < -0.3 is 16.2 Å². The Hall–Kier alpha value is -1.20. The van der Waals surface area contributed by atoms with Crippen molar-refractivity contribution in [3.8, 4) is 0 Å². The van der Waals surface area contributed by atoms with Crippen LogP contribution < -0.4 is 11.1 Å². The van der Waals surface area contributed by atoms with Crippen molar-refractivity contribution in [1.82, 2.24) is 10.2 Å². The van der Waals surface area contributed by atoms with E-state index in [2.05, 4.69) is 15.5 Å². The van der Waals surface area contributed by atoms with Gasteiger partial charge in [0.15, 0.2) is 5.82 Å². The van der Waals surface area contributed by atoms with Crippen LogP contribution in [-0.2, 0) is 6.54 Å². The smallest absolute Gasteiger partial charge is 0.153 e. The molecule has 5 nitrogen and oxygen atoms in total. The molecule has 1 aromatic rings. The first-order chi connectivity index (χ1) is 6.27. The standard InChI is InChI=1S/C8H14N4O/c1-6(5-13)11-8-7(4-9)2-3-10-12-8/h2-3,6,13H,4-5,9H2,1H3,(H,11,12). The molecule has 1 atom stereocenters. The van der Waals surface area contributed by atoms with E-state index in [-0.39, 0.29) is 12.6 Å². The molecule has 1 unspecified atom stereocenters. The number of aromatic nitrogens is 2. The maximum atomic E-state index is 8.82. The van der Waals surface area contributed by atoms with E-state index in [4.69, 9.17) is 10.8 Å². The average Bonchev–Trinajstić information content (AvgIpc) is 2.18. The molecule has 0 aliphatic rings. The average molecular weight is 182 g/mol. The van der Waals surface area contributed by atoms with Gasteiger partial charge in [-0.2, -0.15) is 5.10 Å². The van der Waals surface area contributed by atoms with Crippen LogP contribution in [0.3, 0.4) is 0 Å². The summed E-state index contributed by atoms with van der Waals surface area (Å²) in [4.78, 5) is 0. The van der Waals surface area contributed by atoms with Gasteiger partial charge in [-0.15, -0.1) is 5.10 Å². The Morgan fingerprint density at radius 3 is 3.08 bits per heavy atom. The summed E-state index contributed by atoms with van der Waals surface area (Å²) >= 11 is 0. The van der Waals surface area contributed by atoms with Crippen LogP contribution in [0.1, 0.15) is 12.5 Å². The molecule has 0 saturated carbocycles.